The fraction of sp³-hybridized carbons (Fsp3) is 0.357. The molecule has 0 bridgehead atoms. The number of guanidine groups is 1. The van der Waals surface area contributed by atoms with E-state index in [4.69, 9.17) is 15.0 Å². The molecule has 0 saturated carbocycles. The Morgan fingerprint density at radius 1 is 1.36 bits per heavy atom. The van der Waals surface area contributed by atoms with Crippen LogP contribution in [0.3, 0.4) is 0 Å². The third-order valence-corrected chi connectivity index (χ3v) is 2.46. The SMILES string of the molecule is Cc1nc(CN=C(N)Nc2ccc(OC(C)C)cc2)no1.I. The van der Waals surface area contributed by atoms with Gasteiger partial charge in [-0.25, -0.2) is 4.99 Å². The second-order valence-corrected chi connectivity index (χ2v) is 4.75. The fourth-order valence-corrected chi connectivity index (χ4v) is 1.64. The van der Waals surface area contributed by atoms with Crippen molar-refractivity contribution in [2.45, 2.75) is 33.4 Å². The van der Waals surface area contributed by atoms with E-state index in [-0.39, 0.29) is 42.6 Å². The Balaban J connectivity index is 0.00000242. The zero-order valence-corrected chi connectivity index (χ0v) is 15.1. The van der Waals surface area contributed by atoms with Crippen molar-refractivity contribution >= 4 is 35.6 Å². The highest BCUT2D eigenvalue weighted by atomic mass is 127. The quantitative estimate of drug-likeness (QED) is 0.441. The molecule has 0 aliphatic rings. The monoisotopic (exact) mass is 417 g/mol. The first-order chi connectivity index (χ1) is 10.0. The van der Waals surface area contributed by atoms with Gasteiger partial charge in [0.15, 0.2) is 11.8 Å². The Morgan fingerprint density at radius 2 is 2.05 bits per heavy atom. The van der Waals surface area contributed by atoms with Gasteiger partial charge in [-0.3, -0.25) is 0 Å². The van der Waals surface area contributed by atoms with Crippen LogP contribution < -0.4 is 15.8 Å². The van der Waals surface area contributed by atoms with E-state index >= 15 is 0 Å². The predicted molar refractivity (Wildman–Crippen MR) is 95.6 cm³/mol. The van der Waals surface area contributed by atoms with Gasteiger partial charge in [0.05, 0.1) is 6.10 Å². The van der Waals surface area contributed by atoms with Crippen LogP contribution >= 0.6 is 24.0 Å². The van der Waals surface area contributed by atoms with Gasteiger partial charge in [-0.05, 0) is 38.1 Å². The van der Waals surface area contributed by atoms with E-state index < -0.39 is 0 Å². The van der Waals surface area contributed by atoms with Crippen molar-refractivity contribution in [3.8, 4) is 5.75 Å². The Labute approximate surface area is 146 Å². The first-order valence-corrected chi connectivity index (χ1v) is 6.66. The molecule has 0 fully saturated rings. The zero-order valence-electron chi connectivity index (χ0n) is 12.7. The molecule has 7 nitrogen and oxygen atoms in total. The van der Waals surface area contributed by atoms with Crippen LogP contribution in [0.4, 0.5) is 5.69 Å². The van der Waals surface area contributed by atoms with Crippen LogP contribution in [0, 0.1) is 6.92 Å². The first kappa shape index (κ1) is 18.2. The van der Waals surface area contributed by atoms with Crippen LogP contribution in [0.15, 0.2) is 33.8 Å². The third kappa shape index (κ3) is 5.88. The lowest BCUT2D eigenvalue weighted by molar-refractivity contribution is 0.242. The summed E-state index contributed by atoms with van der Waals surface area (Å²) in [7, 11) is 0. The predicted octanol–water partition coefficient (Wildman–Crippen LogP) is 2.71. The van der Waals surface area contributed by atoms with Crippen molar-refractivity contribution in [3.05, 3.63) is 36.0 Å². The molecule has 0 spiro atoms. The number of ether oxygens (including phenoxy) is 1. The fourth-order valence-electron chi connectivity index (χ4n) is 1.64. The molecule has 2 rings (SSSR count). The minimum atomic E-state index is 0. The van der Waals surface area contributed by atoms with Crippen LogP contribution in [0.25, 0.3) is 0 Å². The van der Waals surface area contributed by atoms with Crippen LogP contribution in [-0.2, 0) is 6.54 Å². The van der Waals surface area contributed by atoms with E-state index in [0.29, 0.717) is 11.7 Å². The lowest BCUT2D eigenvalue weighted by atomic mass is 10.3. The second-order valence-electron chi connectivity index (χ2n) is 4.75. The standard InChI is InChI=1S/C14H19N5O2.HI/c1-9(2)20-12-6-4-11(5-7-12)18-14(15)16-8-13-17-10(3)21-19-13;/h4-7,9H,8H2,1-3H3,(H3,15,16,18);1H. The largest absolute Gasteiger partial charge is 0.491 e. The number of hydrogen-bond donors (Lipinski definition) is 2. The molecule has 8 heteroatoms. The van der Waals surface area contributed by atoms with Gasteiger partial charge in [0.1, 0.15) is 12.3 Å². The Kier molecular flexibility index (Phi) is 7.09. The molecular weight excluding hydrogens is 397 g/mol. The highest BCUT2D eigenvalue weighted by Crippen LogP contribution is 2.16. The van der Waals surface area contributed by atoms with Gasteiger partial charge in [0.25, 0.3) is 0 Å². The maximum Gasteiger partial charge on any atom is 0.223 e. The Morgan fingerprint density at radius 3 is 2.59 bits per heavy atom. The van der Waals surface area contributed by atoms with Crippen molar-refractivity contribution < 1.29 is 9.26 Å². The number of benzene rings is 1. The zero-order chi connectivity index (χ0) is 15.2. The van der Waals surface area contributed by atoms with Gasteiger partial charge < -0.3 is 20.3 Å². The number of halogens is 1. The van der Waals surface area contributed by atoms with Crippen LogP contribution in [-0.4, -0.2) is 22.2 Å². The molecule has 0 unspecified atom stereocenters. The van der Waals surface area contributed by atoms with E-state index in [1.54, 1.807) is 6.92 Å². The van der Waals surface area contributed by atoms with Crippen LogP contribution in [0.1, 0.15) is 25.6 Å². The maximum absolute atomic E-state index is 5.80. The minimum absolute atomic E-state index is 0. The minimum Gasteiger partial charge on any atom is -0.491 e. The summed E-state index contributed by atoms with van der Waals surface area (Å²) in [6, 6.07) is 7.49. The molecule has 120 valence electrons. The molecule has 0 aliphatic carbocycles. The molecule has 22 heavy (non-hydrogen) atoms. The molecular formula is C14H20IN5O2. The number of aryl methyl sites for hydroxylation is 1. The smallest absolute Gasteiger partial charge is 0.223 e. The average Bonchev–Trinajstić information content (AvgIpc) is 2.84. The third-order valence-electron chi connectivity index (χ3n) is 2.46. The summed E-state index contributed by atoms with van der Waals surface area (Å²) in [5.74, 6) is 2.11. The topological polar surface area (TPSA) is 98.6 Å². The van der Waals surface area contributed by atoms with Gasteiger partial charge >= 0.3 is 0 Å². The molecule has 0 atom stereocenters. The van der Waals surface area contributed by atoms with Crippen molar-refractivity contribution in [2.24, 2.45) is 10.7 Å². The second kappa shape index (κ2) is 8.57. The summed E-state index contributed by atoms with van der Waals surface area (Å²) >= 11 is 0. The number of hydrogen-bond acceptors (Lipinski definition) is 5. The highest BCUT2D eigenvalue weighted by molar-refractivity contribution is 14.0. The van der Waals surface area contributed by atoms with Crippen molar-refractivity contribution in [3.63, 3.8) is 0 Å². The van der Waals surface area contributed by atoms with Gasteiger partial charge in [0.2, 0.25) is 5.89 Å². The van der Waals surface area contributed by atoms with Crippen LogP contribution in [0.5, 0.6) is 5.75 Å². The molecule has 1 heterocycles. The summed E-state index contributed by atoms with van der Waals surface area (Å²) in [5.41, 5.74) is 6.63. The van der Waals surface area contributed by atoms with Crippen LogP contribution in [0.2, 0.25) is 0 Å². The van der Waals surface area contributed by atoms with E-state index in [0.717, 1.165) is 11.4 Å². The molecule has 0 amide bonds. The molecule has 0 radical (unpaired) electrons. The van der Waals surface area contributed by atoms with Crippen molar-refractivity contribution in [2.75, 3.05) is 5.32 Å². The summed E-state index contributed by atoms with van der Waals surface area (Å²) in [6.07, 6.45) is 0.147. The molecule has 1 aromatic heterocycles. The summed E-state index contributed by atoms with van der Waals surface area (Å²) in [4.78, 5) is 8.18. The molecule has 1 aromatic carbocycles. The first-order valence-electron chi connectivity index (χ1n) is 6.66. The average molecular weight is 417 g/mol. The van der Waals surface area contributed by atoms with Crippen molar-refractivity contribution in [1.82, 2.24) is 10.1 Å². The van der Waals surface area contributed by atoms with Gasteiger partial charge in [-0.2, -0.15) is 4.98 Å². The lowest BCUT2D eigenvalue weighted by Gasteiger charge is -2.10. The number of aliphatic imine (C=N–C) groups is 1. The van der Waals surface area contributed by atoms with E-state index in [1.165, 1.54) is 0 Å². The normalized spacial score (nSPS) is 11.2. The number of rotatable bonds is 5. The molecule has 0 saturated heterocycles. The van der Waals surface area contributed by atoms with E-state index in [1.807, 2.05) is 38.1 Å². The lowest BCUT2D eigenvalue weighted by Crippen LogP contribution is -2.22. The van der Waals surface area contributed by atoms with Gasteiger partial charge in [-0.1, -0.05) is 5.16 Å². The number of nitrogens with one attached hydrogen (secondary N) is 1. The number of anilines is 1. The maximum atomic E-state index is 5.80. The summed E-state index contributed by atoms with van der Waals surface area (Å²) in [6.45, 7) is 5.96. The van der Waals surface area contributed by atoms with Crippen molar-refractivity contribution in [1.29, 1.82) is 0 Å². The molecule has 3 N–H and O–H groups in total. The Bertz CT molecular complexity index is 610. The number of aromatic nitrogens is 2. The van der Waals surface area contributed by atoms with Gasteiger partial charge in [0, 0.05) is 12.6 Å². The number of nitrogens with two attached hydrogens (primary N) is 1. The highest BCUT2D eigenvalue weighted by Gasteiger charge is 2.02. The summed E-state index contributed by atoms with van der Waals surface area (Å²) in [5, 5.41) is 6.73. The van der Waals surface area contributed by atoms with E-state index in [9.17, 15) is 0 Å². The number of nitrogens with zero attached hydrogens (tertiary/aromatic N) is 3. The molecule has 2 aromatic rings. The van der Waals surface area contributed by atoms with E-state index in [2.05, 4.69) is 20.4 Å². The Hall–Kier alpha value is -1.84. The summed E-state index contributed by atoms with van der Waals surface area (Å²) < 4.78 is 10.4. The van der Waals surface area contributed by atoms with Gasteiger partial charge in [-0.15, -0.1) is 24.0 Å². The molecule has 0 aliphatic heterocycles.